The molecule has 1 N–H and O–H groups in total. The van der Waals surface area contributed by atoms with Crippen LogP contribution >= 0.6 is 11.3 Å². The lowest BCUT2D eigenvalue weighted by Crippen LogP contribution is -2.10. The van der Waals surface area contributed by atoms with Gasteiger partial charge in [-0.15, -0.1) is 11.3 Å². The summed E-state index contributed by atoms with van der Waals surface area (Å²) < 4.78 is 1.91. The summed E-state index contributed by atoms with van der Waals surface area (Å²) in [5.74, 6) is -0.173. The van der Waals surface area contributed by atoms with Gasteiger partial charge in [0.15, 0.2) is 0 Å². The highest BCUT2D eigenvalue weighted by Gasteiger charge is 2.18. The monoisotopic (exact) mass is 453 g/mol. The van der Waals surface area contributed by atoms with Crippen molar-refractivity contribution in [2.45, 2.75) is 52.0 Å². The van der Waals surface area contributed by atoms with Gasteiger partial charge in [0.25, 0.3) is 5.69 Å². The van der Waals surface area contributed by atoms with Gasteiger partial charge >= 0.3 is 5.97 Å². The minimum atomic E-state index is -0.985. The maximum atomic E-state index is 11.9. The molecule has 32 heavy (non-hydrogen) atoms. The number of nitrogens with zero attached hydrogens (tertiary/aromatic N) is 3. The number of carboxylic acid groups (broad SMARTS) is 1. The van der Waals surface area contributed by atoms with Crippen molar-refractivity contribution >= 4 is 29.1 Å². The lowest BCUT2D eigenvalue weighted by atomic mass is 10.1. The van der Waals surface area contributed by atoms with Gasteiger partial charge in [0.2, 0.25) is 0 Å². The molecule has 0 fully saturated rings. The molecule has 0 amide bonds. The molecule has 0 bridgehead atoms. The molecule has 7 nitrogen and oxygen atoms in total. The molecule has 0 aliphatic carbocycles. The maximum absolute atomic E-state index is 11.9. The van der Waals surface area contributed by atoms with E-state index in [9.17, 15) is 20.0 Å². The number of hydrogen-bond donors (Lipinski definition) is 1. The highest BCUT2D eigenvalue weighted by molar-refractivity contribution is 7.09. The third-order valence-electron chi connectivity index (χ3n) is 5.28. The molecule has 168 valence electrons. The number of hydrogen-bond acceptors (Lipinski definition) is 5. The van der Waals surface area contributed by atoms with Crippen LogP contribution in [-0.4, -0.2) is 25.6 Å². The van der Waals surface area contributed by atoms with Crippen LogP contribution in [0.15, 0.2) is 53.5 Å². The van der Waals surface area contributed by atoms with Crippen molar-refractivity contribution in [3.05, 3.63) is 85.6 Å². The number of para-hydroxylation sites is 1. The zero-order valence-electron chi connectivity index (χ0n) is 18.1. The molecule has 0 aliphatic rings. The Balaban J connectivity index is 1.97. The lowest BCUT2D eigenvalue weighted by molar-refractivity contribution is -0.385. The number of carboxylic acids is 1. The molecule has 3 aromatic rings. The van der Waals surface area contributed by atoms with Crippen LogP contribution in [0.3, 0.4) is 0 Å². The number of carbonyl (C=O) groups is 1. The van der Waals surface area contributed by atoms with Gasteiger partial charge < -0.3 is 9.67 Å². The molecule has 0 atom stereocenters. The molecule has 0 radical (unpaired) electrons. The van der Waals surface area contributed by atoms with E-state index in [1.165, 1.54) is 17.4 Å². The van der Waals surface area contributed by atoms with E-state index < -0.39 is 5.97 Å². The van der Waals surface area contributed by atoms with Gasteiger partial charge in [-0.3, -0.25) is 10.1 Å². The lowest BCUT2D eigenvalue weighted by Gasteiger charge is -2.12. The standard InChI is InChI=1S/C24H27N3O4S/c1-2-3-4-5-12-23-25-16-20(14-19(24(28)29)15-21-10-8-13-32-21)26(23)17-18-9-6-7-11-22(18)27(30)31/h6-11,13-14,16H,2-5,12,15,17H2,1H3,(H,28,29)/b19-14+. The molecule has 0 unspecified atom stereocenters. The van der Waals surface area contributed by atoms with Crippen LogP contribution in [0.2, 0.25) is 0 Å². The molecule has 0 saturated heterocycles. The van der Waals surface area contributed by atoms with Gasteiger partial charge in [-0.1, -0.05) is 50.5 Å². The Labute approximate surface area is 191 Å². The first-order chi connectivity index (χ1) is 15.5. The van der Waals surface area contributed by atoms with Crippen molar-refractivity contribution in [3.8, 4) is 0 Å². The Hall–Kier alpha value is -3.26. The first-order valence-electron chi connectivity index (χ1n) is 10.7. The van der Waals surface area contributed by atoms with Gasteiger partial charge in [0.05, 0.1) is 23.4 Å². The number of rotatable bonds is 12. The van der Waals surface area contributed by atoms with Crippen LogP contribution in [0.1, 0.15) is 54.6 Å². The van der Waals surface area contributed by atoms with E-state index in [1.54, 1.807) is 30.5 Å². The average molecular weight is 454 g/mol. The largest absolute Gasteiger partial charge is 0.478 e. The zero-order valence-corrected chi connectivity index (χ0v) is 18.9. The third kappa shape index (κ3) is 6.13. The minimum absolute atomic E-state index is 0.0464. The van der Waals surface area contributed by atoms with E-state index in [0.717, 1.165) is 42.8 Å². The van der Waals surface area contributed by atoms with Crippen molar-refractivity contribution < 1.29 is 14.8 Å². The predicted molar refractivity (Wildman–Crippen MR) is 126 cm³/mol. The second kappa shape index (κ2) is 11.4. The van der Waals surface area contributed by atoms with Gasteiger partial charge in [-0.05, 0) is 23.9 Å². The number of aliphatic carboxylic acids is 1. The molecular weight excluding hydrogens is 426 g/mol. The topological polar surface area (TPSA) is 98.3 Å². The van der Waals surface area contributed by atoms with Crippen LogP contribution in [0.5, 0.6) is 0 Å². The van der Waals surface area contributed by atoms with E-state index in [0.29, 0.717) is 17.7 Å². The summed E-state index contributed by atoms with van der Waals surface area (Å²) in [6.45, 7) is 2.41. The maximum Gasteiger partial charge on any atom is 0.332 e. The number of aryl methyl sites for hydroxylation is 1. The normalized spacial score (nSPS) is 11.6. The van der Waals surface area contributed by atoms with E-state index in [-0.39, 0.29) is 22.7 Å². The molecule has 3 rings (SSSR count). The molecule has 8 heteroatoms. The summed E-state index contributed by atoms with van der Waals surface area (Å²) in [4.78, 5) is 28.5. The highest BCUT2D eigenvalue weighted by Crippen LogP contribution is 2.23. The number of imidazole rings is 1. The van der Waals surface area contributed by atoms with E-state index in [1.807, 2.05) is 22.1 Å². The predicted octanol–water partition coefficient (Wildman–Crippen LogP) is 5.73. The van der Waals surface area contributed by atoms with Crippen LogP contribution < -0.4 is 0 Å². The van der Waals surface area contributed by atoms with Crippen LogP contribution in [0.4, 0.5) is 5.69 Å². The second-order valence-electron chi connectivity index (χ2n) is 7.61. The van der Waals surface area contributed by atoms with Crippen molar-refractivity contribution in [2.75, 3.05) is 0 Å². The number of aromatic nitrogens is 2. The number of nitro benzene ring substituents is 1. The molecule has 2 heterocycles. The Bertz CT molecular complexity index is 1090. The fraction of sp³-hybridized carbons (Fsp3) is 0.333. The summed E-state index contributed by atoms with van der Waals surface area (Å²) in [6, 6.07) is 10.4. The Morgan fingerprint density at radius 2 is 2.03 bits per heavy atom. The van der Waals surface area contributed by atoms with Crippen LogP contribution in [0.25, 0.3) is 6.08 Å². The van der Waals surface area contributed by atoms with Gasteiger partial charge in [-0.2, -0.15) is 0 Å². The highest BCUT2D eigenvalue weighted by atomic mass is 32.1. The number of unbranched alkanes of at least 4 members (excludes halogenated alkanes) is 3. The van der Waals surface area contributed by atoms with Crippen LogP contribution in [0, 0.1) is 10.1 Å². The van der Waals surface area contributed by atoms with Gasteiger partial charge in [0, 0.05) is 34.9 Å². The fourth-order valence-corrected chi connectivity index (χ4v) is 4.32. The SMILES string of the molecule is CCCCCCc1ncc(/C=C(\Cc2cccs2)C(=O)O)n1Cc1ccccc1[N+](=O)[O-]. The summed E-state index contributed by atoms with van der Waals surface area (Å²) in [6.07, 6.45) is 8.67. The molecule has 0 saturated carbocycles. The molecular formula is C24H27N3O4S. The van der Waals surface area contributed by atoms with Crippen LogP contribution in [-0.2, 0) is 24.2 Å². The summed E-state index contributed by atoms with van der Waals surface area (Å²) in [7, 11) is 0. The summed E-state index contributed by atoms with van der Waals surface area (Å²) in [5, 5.41) is 23.2. The Morgan fingerprint density at radius 1 is 1.22 bits per heavy atom. The number of thiophene rings is 1. The average Bonchev–Trinajstić information content (AvgIpc) is 3.41. The Morgan fingerprint density at radius 3 is 2.72 bits per heavy atom. The molecule has 2 aromatic heterocycles. The number of nitro groups is 1. The first kappa shape index (κ1) is 23.4. The zero-order chi connectivity index (χ0) is 22.9. The fourth-order valence-electron chi connectivity index (χ4n) is 3.60. The minimum Gasteiger partial charge on any atom is -0.478 e. The quantitative estimate of drug-likeness (QED) is 0.163. The van der Waals surface area contributed by atoms with E-state index in [4.69, 9.17) is 0 Å². The van der Waals surface area contributed by atoms with Crippen molar-refractivity contribution in [1.82, 2.24) is 9.55 Å². The molecule has 1 aromatic carbocycles. The number of benzene rings is 1. The summed E-state index contributed by atoms with van der Waals surface area (Å²) in [5.41, 5.74) is 1.51. The van der Waals surface area contributed by atoms with E-state index >= 15 is 0 Å². The second-order valence-corrected chi connectivity index (χ2v) is 8.65. The molecule has 0 spiro atoms. The Kier molecular flexibility index (Phi) is 8.33. The van der Waals surface area contributed by atoms with Gasteiger partial charge in [-0.25, -0.2) is 9.78 Å². The van der Waals surface area contributed by atoms with Crippen molar-refractivity contribution in [3.63, 3.8) is 0 Å². The first-order valence-corrected chi connectivity index (χ1v) is 11.6. The van der Waals surface area contributed by atoms with Gasteiger partial charge in [0.1, 0.15) is 5.82 Å². The van der Waals surface area contributed by atoms with Crippen molar-refractivity contribution in [1.29, 1.82) is 0 Å². The van der Waals surface area contributed by atoms with E-state index in [2.05, 4.69) is 11.9 Å². The smallest absolute Gasteiger partial charge is 0.332 e. The third-order valence-corrected chi connectivity index (χ3v) is 6.16. The molecule has 0 aliphatic heterocycles. The summed E-state index contributed by atoms with van der Waals surface area (Å²) >= 11 is 1.51. The van der Waals surface area contributed by atoms with Crippen molar-refractivity contribution in [2.24, 2.45) is 0 Å².